The lowest BCUT2D eigenvalue weighted by Gasteiger charge is -2.34. The van der Waals surface area contributed by atoms with E-state index in [9.17, 15) is 9.59 Å². The van der Waals surface area contributed by atoms with Gasteiger partial charge in [-0.25, -0.2) is 9.97 Å². The molecule has 51 heavy (non-hydrogen) atoms. The molecule has 0 saturated heterocycles. The summed E-state index contributed by atoms with van der Waals surface area (Å²) < 4.78 is 14.1. The van der Waals surface area contributed by atoms with E-state index in [0.29, 0.717) is 41.3 Å². The first-order valence-electron chi connectivity index (χ1n) is 16.6. The molecule has 0 aliphatic heterocycles. The minimum absolute atomic E-state index is 0.207. The molecule has 11 nitrogen and oxygen atoms in total. The Balaban J connectivity index is 1.49. The molecule has 0 fully saturated rings. The smallest absolute Gasteiger partial charge is 0.275 e. The van der Waals surface area contributed by atoms with Crippen LogP contribution in [0.4, 0.5) is 5.69 Å². The number of hydrogen-bond acceptors (Lipinski definition) is 8. The fourth-order valence-corrected chi connectivity index (χ4v) is 6.64. The molecule has 0 saturated carbocycles. The van der Waals surface area contributed by atoms with Gasteiger partial charge in [-0.1, -0.05) is 41.9 Å². The molecule has 1 N–H and O–H groups in total. The highest BCUT2D eigenvalue weighted by molar-refractivity contribution is 6.29. The number of nitrogens with zero attached hydrogens (tertiary/aromatic N) is 6. The summed E-state index contributed by atoms with van der Waals surface area (Å²) in [6.07, 6.45) is 1.63. The van der Waals surface area contributed by atoms with Gasteiger partial charge in [0.05, 0.1) is 42.5 Å². The number of aromatic nitrogens is 4. The number of nitrogens with one attached hydrogen (secondary N) is 1. The number of ether oxygens (including phenoxy) is 2. The van der Waals surface area contributed by atoms with E-state index in [1.807, 2.05) is 72.0 Å². The average molecular weight is 708 g/mol. The molecule has 0 bridgehead atoms. The van der Waals surface area contributed by atoms with Gasteiger partial charge in [-0.05, 0) is 78.6 Å². The maximum Gasteiger partial charge on any atom is 0.275 e. The fraction of sp³-hybridized carbons (Fsp3) is 0.282. The predicted molar refractivity (Wildman–Crippen MR) is 201 cm³/mol. The molecule has 264 valence electrons. The van der Waals surface area contributed by atoms with Crippen molar-refractivity contribution in [3.8, 4) is 11.5 Å². The molecule has 1 unspecified atom stereocenters. The highest BCUT2D eigenvalue weighted by atomic mass is 35.5. The molecular formula is C39H42ClN7O4. The van der Waals surface area contributed by atoms with E-state index in [1.54, 1.807) is 47.8 Å². The number of halogens is 1. The van der Waals surface area contributed by atoms with Crippen LogP contribution in [-0.4, -0.2) is 58.1 Å². The number of benzene rings is 3. The van der Waals surface area contributed by atoms with Crippen molar-refractivity contribution >= 4 is 39.7 Å². The molecule has 6 aromatic rings. The van der Waals surface area contributed by atoms with Crippen LogP contribution in [0.1, 0.15) is 51.4 Å². The molecule has 1 amide bonds. The molecule has 0 radical (unpaired) electrons. The first-order chi connectivity index (χ1) is 24.5. The van der Waals surface area contributed by atoms with Crippen molar-refractivity contribution < 1.29 is 14.3 Å². The van der Waals surface area contributed by atoms with Crippen LogP contribution in [0.3, 0.4) is 0 Å². The van der Waals surface area contributed by atoms with Crippen LogP contribution in [0.2, 0.25) is 5.15 Å². The molecule has 1 atom stereocenters. The zero-order valence-electron chi connectivity index (χ0n) is 29.9. The number of methoxy groups -OCH3 is 2. The van der Waals surface area contributed by atoms with Crippen LogP contribution in [0.25, 0.3) is 16.6 Å². The highest BCUT2D eigenvalue weighted by Gasteiger charge is 2.27. The second kappa shape index (κ2) is 14.8. The van der Waals surface area contributed by atoms with Crippen LogP contribution < -0.4 is 25.2 Å². The first kappa shape index (κ1) is 35.4. The minimum Gasteiger partial charge on any atom is -0.497 e. The maximum atomic E-state index is 14.0. The van der Waals surface area contributed by atoms with Gasteiger partial charge in [-0.2, -0.15) is 0 Å². The molecule has 3 heterocycles. The van der Waals surface area contributed by atoms with Gasteiger partial charge in [-0.3, -0.25) is 18.6 Å². The molecule has 12 heteroatoms. The second-order valence-electron chi connectivity index (χ2n) is 12.8. The molecule has 0 spiro atoms. The van der Waals surface area contributed by atoms with Gasteiger partial charge >= 0.3 is 0 Å². The van der Waals surface area contributed by atoms with E-state index in [0.717, 1.165) is 45.1 Å². The number of anilines is 1. The third-order valence-electron chi connectivity index (χ3n) is 9.16. The van der Waals surface area contributed by atoms with E-state index in [1.165, 1.54) is 9.47 Å². The van der Waals surface area contributed by atoms with E-state index in [4.69, 9.17) is 26.1 Å². The van der Waals surface area contributed by atoms with Gasteiger partial charge in [0.1, 0.15) is 23.0 Å². The molecular weight excluding hydrogens is 666 g/mol. The number of carbonyl (C=O) groups is 1. The van der Waals surface area contributed by atoms with Crippen molar-refractivity contribution in [2.45, 2.75) is 39.5 Å². The lowest BCUT2D eigenvalue weighted by atomic mass is 9.98. The van der Waals surface area contributed by atoms with Gasteiger partial charge < -0.3 is 24.6 Å². The SMILES string of the molecule is COc1ccc(CNCc2nc(Cl)ccc2N(Cc2ccc(OC)cc2)C(C)c2cc(C)cc3c(=O)n(C)c4c(C(=O)N(C)C)ncn4c23)cc1. The zero-order valence-corrected chi connectivity index (χ0v) is 30.7. The Morgan fingerprint density at radius 3 is 2.22 bits per heavy atom. The number of imidazole rings is 1. The third-order valence-corrected chi connectivity index (χ3v) is 9.37. The van der Waals surface area contributed by atoms with E-state index in [-0.39, 0.29) is 23.2 Å². The predicted octanol–water partition coefficient (Wildman–Crippen LogP) is 6.32. The largest absolute Gasteiger partial charge is 0.497 e. The lowest BCUT2D eigenvalue weighted by molar-refractivity contribution is 0.0824. The monoisotopic (exact) mass is 707 g/mol. The van der Waals surface area contributed by atoms with E-state index >= 15 is 0 Å². The quantitative estimate of drug-likeness (QED) is 0.147. The summed E-state index contributed by atoms with van der Waals surface area (Å²) in [6, 6.07) is 23.4. The van der Waals surface area contributed by atoms with E-state index in [2.05, 4.69) is 28.2 Å². The minimum atomic E-state index is -0.288. The van der Waals surface area contributed by atoms with Crippen LogP contribution in [-0.2, 0) is 26.7 Å². The number of amides is 1. The molecule has 3 aromatic heterocycles. The maximum absolute atomic E-state index is 14.0. The number of rotatable bonds is 12. The lowest BCUT2D eigenvalue weighted by Crippen LogP contribution is -2.30. The van der Waals surface area contributed by atoms with E-state index < -0.39 is 0 Å². The summed E-state index contributed by atoms with van der Waals surface area (Å²) in [5.74, 6) is 1.28. The summed E-state index contributed by atoms with van der Waals surface area (Å²) in [5, 5.41) is 4.46. The molecule has 0 aliphatic rings. The third kappa shape index (κ3) is 7.13. The van der Waals surface area contributed by atoms with Gasteiger partial charge in [0, 0.05) is 40.8 Å². The second-order valence-corrected chi connectivity index (χ2v) is 13.2. The Bertz CT molecular complexity index is 2260. The van der Waals surface area contributed by atoms with Gasteiger partial charge in [-0.15, -0.1) is 0 Å². The Morgan fingerprint density at radius 2 is 1.59 bits per heavy atom. The Labute approximate surface area is 302 Å². The summed E-state index contributed by atoms with van der Waals surface area (Å²) >= 11 is 6.52. The van der Waals surface area contributed by atoms with Gasteiger partial charge in [0.2, 0.25) is 0 Å². The van der Waals surface area contributed by atoms with Crippen LogP contribution in [0.15, 0.2) is 83.9 Å². The normalized spacial score (nSPS) is 11.9. The molecule has 6 rings (SSSR count). The number of fused-ring (bicyclic) bond motifs is 3. The molecule has 0 aliphatic carbocycles. The summed E-state index contributed by atoms with van der Waals surface area (Å²) in [6.45, 7) is 5.68. The van der Waals surface area contributed by atoms with Gasteiger partial charge in [0.15, 0.2) is 11.3 Å². The van der Waals surface area contributed by atoms with Crippen molar-refractivity contribution in [2.75, 3.05) is 33.2 Å². The summed E-state index contributed by atoms with van der Waals surface area (Å²) in [4.78, 5) is 40.2. The van der Waals surface area contributed by atoms with Crippen LogP contribution >= 0.6 is 11.6 Å². The van der Waals surface area contributed by atoms with Crippen molar-refractivity contribution in [3.05, 3.63) is 128 Å². The standard InChI is InChI=1S/C39H42ClN7O4/c1-24-18-30(36-31(19-24)38(48)45(5)37-35(39(49)44(3)4)42-23-47(36)37)25(2)46(22-27-10-14-29(51-7)15-11-27)33-16-17-34(40)43-32(33)21-41-20-26-8-12-28(50-6)13-9-26/h8-19,23,25,41H,20-22H2,1-7H3. The van der Waals surface area contributed by atoms with Crippen LogP contribution in [0.5, 0.6) is 11.5 Å². The first-order valence-corrected chi connectivity index (χ1v) is 17.0. The zero-order chi connectivity index (χ0) is 36.4. The Morgan fingerprint density at radius 1 is 0.941 bits per heavy atom. The number of aryl methyl sites for hydroxylation is 2. The van der Waals surface area contributed by atoms with Crippen molar-refractivity contribution in [1.82, 2.24) is 29.2 Å². The Hall–Kier alpha value is -5.39. The van der Waals surface area contributed by atoms with Gasteiger partial charge in [0.25, 0.3) is 11.5 Å². The highest BCUT2D eigenvalue weighted by Crippen LogP contribution is 2.36. The number of pyridine rings is 1. The summed E-state index contributed by atoms with van der Waals surface area (Å²) in [5.41, 5.74) is 6.77. The fourth-order valence-electron chi connectivity index (χ4n) is 6.48. The topological polar surface area (TPSA) is 106 Å². The number of carbonyl (C=O) groups excluding carboxylic acids is 1. The molecule has 3 aromatic carbocycles. The summed E-state index contributed by atoms with van der Waals surface area (Å²) in [7, 11) is 8.32. The van der Waals surface area contributed by atoms with Crippen molar-refractivity contribution in [2.24, 2.45) is 7.05 Å². The van der Waals surface area contributed by atoms with Crippen molar-refractivity contribution in [3.63, 3.8) is 0 Å². The van der Waals surface area contributed by atoms with Crippen LogP contribution in [0, 0.1) is 6.92 Å². The van der Waals surface area contributed by atoms with Crippen molar-refractivity contribution in [1.29, 1.82) is 0 Å². The number of hydrogen-bond donors (Lipinski definition) is 1. The Kier molecular flexibility index (Phi) is 10.3. The average Bonchev–Trinajstić information content (AvgIpc) is 3.58.